The van der Waals surface area contributed by atoms with E-state index in [0.717, 1.165) is 17.7 Å². The maximum Gasteiger partial charge on any atom is 0.267 e. The van der Waals surface area contributed by atoms with Crippen molar-refractivity contribution >= 4 is 34.5 Å². The Bertz CT molecular complexity index is 1050. The molecule has 0 radical (unpaired) electrons. The van der Waals surface area contributed by atoms with Crippen molar-refractivity contribution in [1.29, 1.82) is 0 Å². The monoisotopic (exact) mass is 395 g/mol. The van der Waals surface area contributed by atoms with Gasteiger partial charge in [0, 0.05) is 29.9 Å². The van der Waals surface area contributed by atoms with E-state index in [-0.39, 0.29) is 17.6 Å². The summed E-state index contributed by atoms with van der Waals surface area (Å²) >= 11 is 1.27. The minimum absolute atomic E-state index is 0.103. The van der Waals surface area contributed by atoms with E-state index >= 15 is 0 Å². The summed E-state index contributed by atoms with van der Waals surface area (Å²) in [6.07, 6.45) is 1.41. The number of carbonyl (C=O) groups is 2. The molecule has 0 bridgehead atoms. The largest absolute Gasteiger partial charge is 0.321 e. The smallest absolute Gasteiger partial charge is 0.267 e. The second-order valence-electron chi connectivity index (χ2n) is 6.59. The van der Waals surface area contributed by atoms with Gasteiger partial charge in [-0.1, -0.05) is 6.07 Å². The van der Waals surface area contributed by atoms with E-state index in [1.807, 2.05) is 12.1 Å². The maximum atomic E-state index is 13.1. The van der Waals surface area contributed by atoms with Gasteiger partial charge in [-0.25, -0.2) is 9.37 Å². The third kappa shape index (κ3) is 3.66. The lowest BCUT2D eigenvalue weighted by Gasteiger charge is -2.16. The lowest BCUT2D eigenvalue weighted by molar-refractivity contribution is -0.117. The van der Waals surface area contributed by atoms with Crippen molar-refractivity contribution in [1.82, 2.24) is 4.98 Å². The molecule has 4 rings (SSSR count). The summed E-state index contributed by atoms with van der Waals surface area (Å²) in [6.45, 7) is 2.48. The number of hydrogen-bond acceptors (Lipinski definition) is 4. The van der Waals surface area contributed by atoms with E-state index in [9.17, 15) is 14.0 Å². The number of aromatic nitrogens is 1. The second kappa shape index (κ2) is 7.52. The first-order valence-corrected chi connectivity index (χ1v) is 9.78. The molecule has 1 aliphatic heterocycles. The number of halogens is 1. The highest BCUT2D eigenvalue weighted by molar-refractivity contribution is 7.17. The normalized spacial score (nSPS) is 13.8. The fraction of sp³-hybridized carbons (Fsp3) is 0.190. The molecule has 1 fully saturated rings. The number of nitrogens with one attached hydrogen (secondary N) is 1. The van der Waals surface area contributed by atoms with E-state index in [1.54, 1.807) is 36.1 Å². The molecule has 1 aliphatic rings. The quantitative estimate of drug-likeness (QED) is 0.700. The second-order valence-corrected chi connectivity index (χ2v) is 7.59. The van der Waals surface area contributed by atoms with Crippen LogP contribution in [-0.4, -0.2) is 23.3 Å². The molecule has 7 heteroatoms. The average Bonchev–Trinajstić information content (AvgIpc) is 3.28. The molecule has 1 aromatic heterocycles. The third-order valence-electron chi connectivity index (χ3n) is 4.58. The van der Waals surface area contributed by atoms with Crippen LogP contribution in [-0.2, 0) is 4.79 Å². The third-order valence-corrected chi connectivity index (χ3v) is 5.79. The number of thiazole rings is 1. The number of hydrogen-bond donors (Lipinski definition) is 1. The van der Waals surface area contributed by atoms with Crippen molar-refractivity contribution < 1.29 is 14.0 Å². The van der Waals surface area contributed by atoms with Gasteiger partial charge in [0.2, 0.25) is 5.91 Å². The van der Waals surface area contributed by atoms with Gasteiger partial charge in [0.1, 0.15) is 15.7 Å². The number of rotatable bonds is 4. The Balaban J connectivity index is 1.54. The molecule has 0 atom stereocenters. The van der Waals surface area contributed by atoms with E-state index in [0.29, 0.717) is 34.2 Å². The number of carbonyl (C=O) groups excluding carboxylic acids is 2. The van der Waals surface area contributed by atoms with Crippen molar-refractivity contribution in [2.45, 2.75) is 19.8 Å². The Labute approximate surface area is 165 Å². The summed E-state index contributed by atoms with van der Waals surface area (Å²) in [4.78, 5) is 31.4. The number of nitrogens with zero attached hydrogens (tertiary/aromatic N) is 2. The SMILES string of the molecule is Cc1nc(-c2ccc(F)cc2)sc1C(=O)Nc1cccc(N2CCCC2=O)c1. The molecule has 5 nitrogen and oxygen atoms in total. The van der Waals surface area contributed by atoms with Gasteiger partial charge in [0.05, 0.1) is 5.69 Å². The maximum absolute atomic E-state index is 13.1. The Morgan fingerprint density at radius 2 is 2.00 bits per heavy atom. The van der Waals surface area contributed by atoms with Crippen LogP contribution in [0.5, 0.6) is 0 Å². The van der Waals surface area contributed by atoms with E-state index in [1.165, 1.54) is 23.5 Å². The van der Waals surface area contributed by atoms with Gasteiger partial charge >= 0.3 is 0 Å². The van der Waals surface area contributed by atoms with Gasteiger partial charge in [-0.15, -0.1) is 11.3 Å². The molecule has 0 unspecified atom stereocenters. The Morgan fingerprint density at radius 1 is 1.21 bits per heavy atom. The number of amides is 2. The van der Waals surface area contributed by atoms with Crippen molar-refractivity contribution in [2.75, 3.05) is 16.8 Å². The summed E-state index contributed by atoms with van der Waals surface area (Å²) in [7, 11) is 0. The van der Waals surface area contributed by atoms with Crippen LogP contribution in [0.4, 0.5) is 15.8 Å². The van der Waals surface area contributed by atoms with E-state index in [2.05, 4.69) is 10.3 Å². The predicted octanol–water partition coefficient (Wildman–Crippen LogP) is 4.64. The topological polar surface area (TPSA) is 62.3 Å². The summed E-state index contributed by atoms with van der Waals surface area (Å²) in [5.74, 6) is -0.467. The first-order chi connectivity index (χ1) is 13.5. The molecular formula is C21H18FN3O2S. The molecule has 0 spiro atoms. The van der Waals surface area contributed by atoms with Crippen LogP contribution in [0.15, 0.2) is 48.5 Å². The zero-order valence-electron chi connectivity index (χ0n) is 15.2. The van der Waals surface area contributed by atoms with Crippen molar-refractivity contribution in [3.05, 3.63) is 64.9 Å². The molecule has 2 aromatic carbocycles. The van der Waals surface area contributed by atoms with Crippen LogP contribution in [0.25, 0.3) is 10.6 Å². The number of benzene rings is 2. The number of aryl methyl sites for hydroxylation is 1. The fourth-order valence-corrected chi connectivity index (χ4v) is 4.15. The van der Waals surface area contributed by atoms with Crippen LogP contribution in [0.3, 0.4) is 0 Å². The summed E-state index contributed by atoms with van der Waals surface area (Å²) in [6, 6.07) is 13.3. The van der Waals surface area contributed by atoms with Gasteiger partial charge in [-0.3, -0.25) is 9.59 Å². The average molecular weight is 395 g/mol. The van der Waals surface area contributed by atoms with Crippen molar-refractivity contribution in [3.63, 3.8) is 0 Å². The summed E-state index contributed by atoms with van der Waals surface area (Å²) in [5.41, 5.74) is 2.79. The van der Waals surface area contributed by atoms with Crippen LogP contribution in [0, 0.1) is 12.7 Å². The zero-order chi connectivity index (χ0) is 19.7. The molecule has 3 aromatic rings. The van der Waals surface area contributed by atoms with Crippen LogP contribution in [0.1, 0.15) is 28.2 Å². The van der Waals surface area contributed by atoms with E-state index in [4.69, 9.17) is 0 Å². The predicted molar refractivity (Wildman–Crippen MR) is 108 cm³/mol. The van der Waals surface area contributed by atoms with Gasteiger partial charge in [-0.05, 0) is 55.8 Å². The minimum Gasteiger partial charge on any atom is -0.321 e. The van der Waals surface area contributed by atoms with Crippen LogP contribution < -0.4 is 10.2 Å². The molecule has 28 heavy (non-hydrogen) atoms. The van der Waals surface area contributed by atoms with Gasteiger partial charge in [0.25, 0.3) is 5.91 Å². The molecule has 142 valence electrons. The molecular weight excluding hydrogens is 377 g/mol. The molecule has 2 amide bonds. The standard InChI is InChI=1S/C21H18FN3O2S/c1-13-19(28-21(23-13)14-7-9-15(22)10-8-14)20(27)24-16-4-2-5-17(12-16)25-11-3-6-18(25)26/h2,4-5,7-10,12H,3,6,11H2,1H3,(H,24,27). The lowest BCUT2D eigenvalue weighted by Crippen LogP contribution is -2.23. The van der Waals surface area contributed by atoms with Gasteiger partial charge in [0.15, 0.2) is 0 Å². The summed E-state index contributed by atoms with van der Waals surface area (Å²) < 4.78 is 13.1. The first kappa shape index (κ1) is 18.3. The Hall–Kier alpha value is -3.06. The van der Waals surface area contributed by atoms with Crippen molar-refractivity contribution in [3.8, 4) is 10.6 Å². The highest BCUT2D eigenvalue weighted by Crippen LogP contribution is 2.29. The summed E-state index contributed by atoms with van der Waals surface area (Å²) in [5, 5.41) is 3.55. The lowest BCUT2D eigenvalue weighted by atomic mass is 10.2. The molecule has 2 heterocycles. The Kier molecular flexibility index (Phi) is 4.92. The Morgan fingerprint density at radius 3 is 2.71 bits per heavy atom. The fourth-order valence-electron chi connectivity index (χ4n) is 3.18. The zero-order valence-corrected chi connectivity index (χ0v) is 16.1. The highest BCUT2D eigenvalue weighted by Gasteiger charge is 2.22. The number of anilines is 2. The van der Waals surface area contributed by atoms with Gasteiger partial charge < -0.3 is 10.2 Å². The van der Waals surface area contributed by atoms with E-state index < -0.39 is 0 Å². The minimum atomic E-state index is -0.314. The molecule has 0 saturated carbocycles. The van der Waals surface area contributed by atoms with Gasteiger partial charge in [-0.2, -0.15) is 0 Å². The highest BCUT2D eigenvalue weighted by atomic mass is 32.1. The van der Waals surface area contributed by atoms with Crippen LogP contribution >= 0.6 is 11.3 Å². The molecule has 1 N–H and O–H groups in total. The van der Waals surface area contributed by atoms with Crippen LogP contribution in [0.2, 0.25) is 0 Å². The first-order valence-electron chi connectivity index (χ1n) is 8.96. The molecule has 0 aliphatic carbocycles. The molecule has 1 saturated heterocycles. The van der Waals surface area contributed by atoms with Crippen molar-refractivity contribution in [2.24, 2.45) is 0 Å².